The molecule has 36 heavy (non-hydrogen) atoms. The van der Waals surface area contributed by atoms with E-state index in [0.717, 1.165) is 63.0 Å². The first kappa shape index (κ1) is 20.8. The van der Waals surface area contributed by atoms with Gasteiger partial charge in [-0.15, -0.1) is 0 Å². The van der Waals surface area contributed by atoms with E-state index in [9.17, 15) is 0 Å². The number of hydrogen-bond donors (Lipinski definition) is 3. The van der Waals surface area contributed by atoms with Gasteiger partial charge in [0.15, 0.2) is 11.5 Å². The quantitative estimate of drug-likeness (QED) is 0.334. The van der Waals surface area contributed by atoms with Crippen LogP contribution in [-0.4, -0.2) is 29.5 Å². The number of nitrogens with two attached hydrogens (primary N) is 2. The molecule has 8 nitrogen and oxygen atoms in total. The third-order valence-electron chi connectivity index (χ3n) is 7.29. The number of imidazole rings is 1. The van der Waals surface area contributed by atoms with Gasteiger partial charge in [-0.05, 0) is 67.3 Å². The molecule has 5 aromatic heterocycles. The van der Waals surface area contributed by atoms with Gasteiger partial charge in [-0.2, -0.15) is 0 Å². The zero-order chi connectivity index (χ0) is 24.3. The Kier molecular flexibility index (Phi) is 4.46. The summed E-state index contributed by atoms with van der Waals surface area (Å²) in [4.78, 5) is 21.9. The first-order valence-corrected chi connectivity index (χ1v) is 12.0. The minimum absolute atomic E-state index is 0.221. The summed E-state index contributed by atoms with van der Waals surface area (Å²) in [5, 5.41) is 1.02. The van der Waals surface area contributed by atoms with E-state index in [0.29, 0.717) is 11.6 Å². The van der Waals surface area contributed by atoms with Gasteiger partial charge in [0, 0.05) is 52.5 Å². The van der Waals surface area contributed by atoms with E-state index >= 15 is 0 Å². The van der Waals surface area contributed by atoms with Gasteiger partial charge >= 0.3 is 0 Å². The second kappa shape index (κ2) is 7.73. The van der Waals surface area contributed by atoms with Crippen LogP contribution in [0.1, 0.15) is 24.8 Å². The van der Waals surface area contributed by atoms with Crippen LogP contribution in [0.25, 0.3) is 50.4 Å². The number of H-pyrrole nitrogens is 1. The number of nitrogens with zero attached hydrogens (tertiary/aromatic N) is 5. The van der Waals surface area contributed by atoms with Crippen molar-refractivity contribution in [2.75, 3.05) is 5.73 Å². The van der Waals surface area contributed by atoms with Crippen molar-refractivity contribution in [2.45, 2.75) is 24.8 Å². The molecule has 1 saturated carbocycles. The molecule has 5 heterocycles. The molecule has 1 fully saturated rings. The molecule has 1 aliphatic rings. The summed E-state index contributed by atoms with van der Waals surface area (Å²) in [6.07, 6.45) is 10.5. The van der Waals surface area contributed by atoms with E-state index in [4.69, 9.17) is 21.4 Å². The third-order valence-corrected chi connectivity index (χ3v) is 7.29. The molecule has 8 heteroatoms. The van der Waals surface area contributed by atoms with Gasteiger partial charge in [0.1, 0.15) is 11.3 Å². The number of benzene rings is 1. The maximum absolute atomic E-state index is 6.58. The second-order valence-corrected chi connectivity index (χ2v) is 9.43. The van der Waals surface area contributed by atoms with Crippen molar-refractivity contribution in [3.05, 3.63) is 84.9 Å². The fourth-order valence-corrected chi connectivity index (χ4v) is 5.10. The maximum atomic E-state index is 6.58. The molecule has 176 valence electrons. The van der Waals surface area contributed by atoms with Gasteiger partial charge < -0.3 is 16.5 Å². The highest BCUT2D eigenvalue weighted by atomic mass is 15.1. The van der Waals surface area contributed by atoms with Crippen LogP contribution in [0.4, 0.5) is 5.82 Å². The van der Waals surface area contributed by atoms with E-state index in [2.05, 4.69) is 39.2 Å². The highest BCUT2D eigenvalue weighted by molar-refractivity contribution is 5.95. The number of fused-ring (bicyclic) bond motifs is 2. The van der Waals surface area contributed by atoms with Gasteiger partial charge in [0.25, 0.3) is 0 Å². The molecule has 1 aromatic carbocycles. The van der Waals surface area contributed by atoms with E-state index < -0.39 is 0 Å². The van der Waals surface area contributed by atoms with Gasteiger partial charge in [0.05, 0.1) is 11.3 Å². The van der Waals surface area contributed by atoms with Crippen LogP contribution in [0, 0.1) is 0 Å². The van der Waals surface area contributed by atoms with E-state index in [1.54, 1.807) is 12.4 Å². The Morgan fingerprint density at radius 3 is 2.56 bits per heavy atom. The molecule has 0 atom stereocenters. The topological polar surface area (TPSA) is 124 Å². The minimum atomic E-state index is -0.221. The lowest BCUT2D eigenvalue weighted by Crippen LogP contribution is -2.43. The summed E-state index contributed by atoms with van der Waals surface area (Å²) < 4.78 is 2.05. The Labute approximate surface area is 207 Å². The van der Waals surface area contributed by atoms with Crippen molar-refractivity contribution >= 4 is 27.9 Å². The molecule has 0 spiro atoms. The van der Waals surface area contributed by atoms with Crippen molar-refractivity contribution in [1.29, 1.82) is 0 Å². The molecule has 0 saturated heterocycles. The van der Waals surface area contributed by atoms with Gasteiger partial charge in [-0.3, -0.25) is 9.55 Å². The zero-order valence-electron chi connectivity index (χ0n) is 19.5. The number of pyridine rings is 3. The Balaban J connectivity index is 1.45. The summed E-state index contributed by atoms with van der Waals surface area (Å²) in [6, 6.07) is 18.2. The lowest BCUT2D eigenvalue weighted by Gasteiger charge is -2.38. The molecule has 1 aliphatic carbocycles. The van der Waals surface area contributed by atoms with Crippen LogP contribution < -0.4 is 11.5 Å². The Hall–Kier alpha value is -4.56. The van der Waals surface area contributed by atoms with Crippen LogP contribution in [0.2, 0.25) is 0 Å². The van der Waals surface area contributed by atoms with Crippen LogP contribution >= 0.6 is 0 Å². The average Bonchev–Trinajstić information content (AvgIpc) is 3.49. The summed E-state index contributed by atoms with van der Waals surface area (Å²) in [5.74, 6) is 1.11. The van der Waals surface area contributed by atoms with E-state index in [-0.39, 0.29) is 5.54 Å². The summed E-state index contributed by atoms with van der Waals surface area (Å²) in [5.41, 5.74) is 19.8. The number of nitrogens with one attached hydrogen (secondary N) is 1. The second-order valence-electron chi connectivity index (χ2n) is 9.43. The van der Waals surface area contributed by atoms with Gasteiger partial charge in [0.2, 0.25) is 0 Å². The first-order valence-electron chi connectivity index (χ1n) is 12.0. The number of aromatic amines is 1. The lowest BCUT2D eigenvalue weighted by molar-refractivity contribution is 0.253. The first-order chi connectivity index (χ1) is 17.6. The summed E-state index contributed by atoms with van der Waals surface area (Å²) >= 11 is 0. The summed E-state index contributed by atoms with van der Waals surface area (Å²) in [7, 11) is 0. The lowest BCUT2D eigenvalue weighted by atomic mass is 9.73. The predicted octanol–water partition coefficient (Wildman–Crippen LogP) is 4.95. The molecule has 5 N–H and O–H groups in total. The fourth-order valence-electron chi connectivity index (χ4n) is 5.10. The predicted molar refractivity (Wildman–Crippen MR) is 141 cm³/mol. The largest absolute Gasteiger partial charge is 0.383 e. The molecule has 0 unspecified atom stereocenters. The van der Waals surface area contributed by atoms with E-state index in [1.807, 2.05) is 47.3 Å². The van der Waals surface area contributed by atoms with Crippen molar-refractivity contribution in [2.24, 2.45) is 5.73 Å². The van der Waals surface area contributed by atoms with Crippen LogP contribution in [0.15, 0.2) is 79.4 Å². The highest BCUT2D eigenvalue weighted by Crippen LogP contribution is 2.39. The number of aromatic nitrogens is 6. The fraction of sp³-hybridized carbons (Fsp3) is 0.143. The number of nitrogen functional groups attached to an aromatic ring is 1. The Bertz CT molecular complexity index is 1740. The van der Waals surface area contributed by atoms with Crippen molar-refractivity contribution in [1.82, 2.24) is 29.5 Å². The molecular formula is C28H24N8. The van der Waals surface area contributed by atoms with Crippen LogP contribution in [0.3, 0.4) is 0 Å². The molecule has 0 aliphatic heterocycles. The molecule has 7 rings (SSSR count). The van der Waals surface area contributed by atoms with Crippen LogP contribution in [0.5, 0.6) is 0 Å². The van der Waals surface area contributed by atoms with Gasteiger partial charge in [-0.1, -0.05) is 12.1 Å². The average molecular weight is 473 g/mol. The molecule has 0 amide bonds. The van der Waals surface area contributed by atoms with Crippen molar-refractivity contribution in [3.63, 3.8) is 0 Å². The SMILES string of the molecule is Nc1ncccc1-c1nc2ccc(-c3c[nH]c4ccncc34)nc2n1-c1ccc(C2(N)CCC2)cc1. The van der Waals surface area contributed by atoms with Crippen molar-refractivity contribution < 1.29 is 0 Å². The van der Waals surface area contributed by atoms with Gasteiger partial charge in [-0.25, -0.2) is 15.0 Å². The summed E-state index contributed by atoms with van der Waals surface area (Å²) in [6.45, 7) is 0. The Morgan fingerprint density at radius 2 is 1.78 bits per heavy atom. The standard InChI is InChI=1S/C28H24N8/c29-25-19(3-1-13-32-25)26-35-24-9-8-23(21-16-33-22-10-14-31-15-20(21)22)34-27(24)36(26)18-6-4-17(5-7-18)28(30)11-2-12-28/h1,3-10,13-16,33H,2,11-12,30H2,(H2,29,32). The zero-order valence-corrected chi connectivity index (χ0v) is 19.5. The minimum Gasteiger partial charge on any atom is -0.383 e. The number of hydrogen-bond acceptors (Lipinski definition) is 6. The normalized spacial score (nSPS) is 14.8. The van der Waals surface area contributed by atoms with Crippen molar-refractivity contribution in [3.8, 4) is 28.3 Å². The smallest absolute Gasteiger partial charge is 0.165 e. The Morgan fingerprint density at radius 1 is 0.917 bits per heavy atom. The number of rotatable bonds is 4. The molecular weight excluding hydrogens is 448 g/mol. The molecule has 0 bridgehead atoms. The van der Waals surface area contributed by atoms with Crippen LogP contribution in [-0.2, 0) is 5.54 Å². The monoisotopic (exact) mass is 472 g/mol. The molecule has 6 aromatic rings. The maximum Gasteiger partial charge on any atom is 0.165 e. The number of anilines is 1. The molecule has 0 radical (unpaired) electrons. The highest BCUT2D eigenvalue weighted by Gasteiger charge is 2.34. The van der Waals surface area contributed by atoms with E-state index in [1.165, 1.54) is 6.42 Å². The third kappa shape index (κ3) is 3.11.